The molecule has 136 valence electrons. The number of amides is 1. The molecule has 3 heterocycles. The molecule has 1 aliphatic rings. The number of aryl methyl sites for hydroxylation is 1. The lowest BCUT2D eigenvalue weighted by Crippen LogP contribution is -2.52. The van der Waals surface area contributed by atoms with E-state index in [4.69, 9.17) is 4.74 Å². The number of carbonyl (C=O) groups is 1. The van der Waals surface area contributed by atoms with Crippen LogP contribution < -0.4 is 14.4 Å². The Morgan fingerprint density at radius 1 is 1.44 bits per heavy atom. The topological polar surface area (TPSA) is 93.5 Å². The number of hydrogen-bond acceptors (Lipinski definition) is 6. The monoisotopic (exact) mass is 384 g/mol. The lowest BCUT2D eigenvalue weighted by molar-refractivity contribution is -0.121. The third kappa shape index (κ3) is 3.42. The molecular weight excluding hydrogens is 364 g/mol. The van der Waals surface area contributed by atoms with Crippen molar-refractivity contribution >= 4 is 33.1 Å². The van der Waals surface area contributed by atoms with Crippen LogP contribution >= 0.6 is 11.3 Å². The van der Waals surface area contributed by atoms with Crippen molar-refractivity contribution in [2.45, 2.75) is 36.6 Å². The third-order valence-corrected chi connectivity index (χ3v) is 6.98. The maximum Gasteiger partial charge on any atom is 0.254 e. The van der Waals surface area contributed by atoms with Crippen LogP contribution in [0, 0.1) is 0 Å². The summed E-state index contributed by atoms with van der Waals surface area (Å²) < 4.78 is 34.7. The van der Waals surface area contributed by atoms with Gasteiger partial charge in [-0.15, -0.1) is 11.3 Å². The van der Waals surface area contributed by atoms with Crippen molar-refractivity contribution in [2.24, 2.45) is 0 Å². The Kier molecular flexibility index (Phi) is 5.11. The van der Waals surface area contributed by atoms with Gasteiger partial charge in [-0.1, -0.05) is 0 Å². The lowest BCUT2D eigenvalue weighted by Gasteiger charge is -2.32. The zero-order valence-corrected chi connectivity index (χ0v) is 15.6. The predicted octanol–water partition coefficient (Wildman–Crippen LogP) is 1.45. The summed E-state index contributed by atoms with van der Waals surface area (Å²) in [6.45, 7) is 3.12. The first-order valence-corrected chi connectivity index (χ1v) is 10.3. The number of carbonyl (C=O) groups excluding carboxylic acids is 1. The fourth-order valence-corrected chi connectivity index (χ4v) is 5.40. The molecule has 0 saturated carbocycles. The zero-order chi connectivity index (χ0) is 18.0. The number of methoxy groups -OCH3 is 1. The Morgan fingerprint density at radius 3 is 2.96 bits per heavy atom. The molecule has 25 heavy (non-hydrogen) atoms. The highest BCUT2D eigenvalue weighted by atomic mass is 32.2. The highest BCUT2D eigenvalue weighted by Crippen LogP contribution is 2.30. The van der Waals surface area contributed by atoms with Crippen molar-refractivity contribution in [2.75, 3.05) is 18.6 Å². The van der Waals surface area contributed by atoms with Gasteiger partial charge in [-0.05, 0) is 31.2 Å². The Labute approximate surface area is 150 Å². The number of aromatic nitrogens is 2. The van der Waals surface area contributed by atoms with E-state index in [2.05, 4.69) is 9.82 Å². The molecule has 3 rings (SSSR count). The predicted molar refractivity (Wildman–Crippen MR) is 94.5 cm³/mol. The van der Waals surface area contributed by atoms with E-state index in [1.807, 2.05) is 6.92 Å². The maximum absolute atomic E-state index is 12.8. The third-order valence-electron chi connectivity index (χ3n) is 4.07. The number of thiophene rings is 1. The van der Waals surface area contributed by atoms with E-state index in [0.717, 1.165) is 11.3 Å². The van der Waals surface area contributed by atoms with Crippen molar-refractivity contribution in [3.05, 3.63) is 23.7 Å². The average molecular weight is 384 g/mol. The summed E-state index contributed by atoms with van der Waals surface area (Å²) in [6, 6.07) is 2.56. The van der Waals surface area contributed by atoms with Gasteiger partial charge in [0.2, 0.25) is 5.91 Å². The number of nitrogens with zero attached hydrogens (tertiary/aromatic N) is 3. The maximum atomic E-state index is 12.8. The summed E-state index contributed by atoms with van der Waals surface area (Å²) in [5.41, 5.74) is 0. The second kappa shape index (κ2) is 7.14. The lowest BCUT2D eigenvalue weighted by atomic mass is 10.1. The molecule has 0 aromatic carbocycles. The van der Waals surface area contributed by atoms with E-state index in [1.54, 1.807) is 33.3 Å². The van der Waals surface area contributed by atoms with Crippen LogP contribution in [0.5, 0.6) is 5.75 Å². The summed E-state index contributed by atoms with van der Waals surface area (Å²) in [5.74, 6) is 0.701. The molecule has 1 fully saturated rings. The van der Waals surface area contributed by atoms with Gasteiger partial charge in [0.05, 0.1) is 13.3 Å². The van der Waals surface area contributed by atoms with Gasteiger partial charge in [-0.2, -0.15) is 9.82 Å². The van der Waals surface area contributed by atoms with Crippen LogP contribution in [0.25, 0.3) is 0 Å². The number of ether oxygens (including phenoxy) is 1. The molecule has 0 radical (unpaired) electrons. The molecule has 0 spiro atoms. The molecule has 1 amide bonds. The summed E-state index contributed by atoms with van der Waals surface area (Å²) in [4.78, 5) is 14.4. The summed E-state index contributed by atoms with van der Waals surface area (Å²) >= 11 is 1.06. The van der Waals surface area contributed by atoms with Gasteiger partial charge >= 0.3 is 0 Å². The van der Waals surface area contributed by atoms with Crippen LogP contribution in [0.15, 0.2) is 27.9 Å². The van der Waals surface area contributed by atoms with Crippen LogP contribution in [0.3, 0.4) is 0 Å². The fourth-order valence-electron chi connectivity index (χ4n) is 2.88. The first-order valence-electron chi connectivity index (χ1n) is 7.95. The number of nitrogens with one attached hydrogen (secondary N) is 1. The zero-order valence-electron chi connectivity index (χ0n) is 14.0. The first-order chi connectivity index (χ1) is 12.0. The van der Waals surface area contributed by atoms with Crippen LogP contribution in [0.2, 0.25) is 0 Å². The summed E-state index contributed by atoms with van der Waals surface area (Å²) in [7, 11) is -2.41. The number of piperidine rings is 1. The van der Waals surface area contributed by atoms with Crippen molar-refractivity contribution in [3.8, 4) is 5.75 Å². The van der Waals surface area contributed by atoms with Gasteiger partial charge in [-0.3, -0.25) is 9.69 Å². The minimum absolute atomic E-state index is 0.0820. The largest absolute Gasteiger partial charge is 0.494 e. The van der Waals surface area contributed by atoms with E-state index in [1.165, 1.54) is 7.11 Å². The Balaban J connectivity index is 1.82. The second-order valence-electron chi connectivity index (χ2n) is 5.59. The smallest absolute Gasteiger partial charge is 0.254 e. The van der Waals surface area contributed by atoms with Crippen molar-refractivity contribution in [1.29, 1.82) is 0 Å². The molecule has 0 unspecified atom stereocenters. The van der Waals surface area contributed by atoms with Gasteiger partial charge in [0, 0.05) is 19.2 Å². The SMILES string of the molecule is CCn1nccc1N1CCC[C@H](NS(=O)(=O)c2sccc2OC)C1=O. The van der Waals surface area contributed by atoms with E-state index in [0.29, 0.717) is 31.7 Å². The molecule has 10 heteroatoms. The highest BCUT2D eigenvalue weighted by Gasteiger charge is 2.35. The second-order valence-corrected chi connectivity index (χ2v) is 8.41. The number of hydrogen-bond donors (Lipinski definition) is 1. The molecule has 2 aromatic heterocycles. The van der Waals surface area contributed by atoms with E-state index in [9.17, 15) is 13.2 Å². The van der Waals surface area contributed by atoms with Crippen molar-refractivity contribution < 1.29 is 17.9 Å². The van der Waals surface area contributed by atoms with Gasteiger partial charge in [0.1, 0.15) is 17.6 Å². The minimum Gasteiger partial charge on any atom is -0.494 e. The molecule has 8 nitrogen and oxygen atoms in total. The van der Waals surface area contributed by atoms with Crippen LogP contribution in [0.4, 0.5) is 5.82 Å². The van der Waals surface area contributed by atoms with Gasteiger partial charge in [-0.25, -0.2) is 13.1 Å². The number of sulfonamides is 1. The molecule has 1 atom stereocenters. The average Bonchev–Trinajstić information content (AvgIpc) is 3.25. The quantitative estimate of drug-likeness (QED) is 0.814. The van der Waals surface area contributed by atoms with Gasteiger partial charge in [0.25, 0.3) is 10.0 Å². The number of anilines is 1. The summed E-state index contributed by atoms with van der Waals surface area (Å²) in [5, 5.41) is 5.82. The van der Waals surface area contributed by atoms with E-state index >= 15 is 0 Å². The molecule has 1 aliphatic heterocycles. The molecular formula is C15H20N4O4S2. The Hall–Kier alpha value is -1.91. The summed E-state index contributed by atoms with van der Waals surface area (Å²) in [6.07, 6.45) is 2.80. The highest BCUT2D eigenvalue weighted by molar-refractivity contribution is 7.91. The van der Waals surface area contributed by atoms with E-state index in [-0.39, 0.29) is 15.9 Å². The van der Waals surface area contributed by atoms with Crippen LogP contribution in [0.1, 0.15) is 19.8 Å². The molecule has 0 aliphatic carbocycles. The number of rotatable bonds is 6. The van der Waals surface area contributed by atoms with E-state index < -0.39 is 16.1 Å². The normalized spacial score (nSPS) is 18.6. The standard InChI is InChI=1S/C15H20N4O4S2/c1-3-19-13(6-8-16-19)18-9-4-5-11(14(18)20)17-25(21,22)15-12(23-2)7-10-24-15/h6-8,10-11,17H,3-5,9H2,1-2H3/t11-/m0/s1. The Bertz CT molecular complexity index is 859. The first kappa shape index (κ1) is 17.9. The van der Waals surface area contributed by atoms with Crippen molar-refractivity contribution in [1.82, 2.24) is 14.5 Å². The molecule has 0 bridgehead atoms. The van der Waals surface area contributed by atoms with Crippen LogP contribution in [-0.4, -0.2) is 43.8 Å². The van der Waals surface area contributed by atoms with Crippen molar-refractivity contribution in [3.63, 3.8) is 0 Å². The molecule has 1 saturated heterocycles. The van der Waals surface area contributed by atoms with Gasteiger partial charge in [0.15, 0.2) is 4.21 Å². The van der Waals surface area contributed by atoms with Gasteiger partial charge < -0.3 is 4.74 Å². The fraction of sp³-hybridized carbons (Fsp3) is 0.467. The molecule has 2 aromatic rings. The Morgan fingerprint density at radius 2 is 2.24 bits per heavy atom. The minimum atomic E-state index is -3.83. The molecule has 1 N–H and O–H groups in total. The van der Waals surface area contributed by atoms with Crippen LogP contribution in [-0.2, 0) is 21.4 Å².